The van der Waals surface area contributed by atoms with E-state index in [1.54, 1.807) is 39.8 Å². The van der Waals surface area contributed by atoms with Gasteiger partial charge in [-0.3, -0.25) is 14.9 Å². The van der Waals surface area contributed by atoms with Crippen LogP contribution in [0.3, 0.4) is 0 Å². The molecule has 396 valence electrons. The quantitative estimate of drug-likeness (QED) is 0.0549. The van der Waals surface area contributed by atoms with Crippen LogP contribution in [0, 0.1) is 11.8 Å². The number of aliphatic hydroxyl groups excluding tert-OH is 4. The first-order valence-corrected chi connectivity index (χ1v) is 30.7. The summed E-state index contributed by atoms with van der Waals surface area (Å²) in [6, 6.07) is 27.2. The number of ether oxygens (including phenoxy) is 2. The maximum Gasteiger partial charge on any atom is 0.168 e. The zero-order valence-corrected chi connectivity index (χ0v) is 45.4. The Kier molecular flexibility index (Phi) is 18.5. The summed E-state index contributed by atoms with van der Waals surface area (Å²) in [5.41, 5.74) is 7.42. The number of hydrogen-bond donors (Lipinski definition) is 8. The van der Waals surface area contributed by atoms with Gasteiger partial charge in [-0.05, 0) is 157 Å². The van der Waals surface area contributed by atoms with Crippen LogP contribution >= 0.6 is 43.2 Å². The lowest BCUT2D eigenvalue weighted by molar-refractivity contribution is -0.130. The molecule has 0 unspecified atom stereocenters. The second-order valence-corrected chi connectivity index (χ2v) is 25.8. The third-order valence-corrected chi connectivity index (χ3v) is 22.3. The zero-order chi connectivity index (χ0) is 51.9. The van der Waals surface area contributed by atoms with Crippen molar-refractivity contribution in [3.63, 3.8) is 0 Å². The average molecular weight is 1080 g/mol. The molecule has 4 heterocycles. The number of phenolic OH excluding ortho intramolecular Hbond substituents is 2. The largest absolute Gasteiger partial charge is 0.508 e. The highest BCUT2D eigenvalue weighted by molar-refractivity contribution is 8.78. The lowest BCUT2D eigenvalue weighted by atomic mass is 9.73. The Morgan fingerprint density at radius 2 is 1.74 bits per heavy atom. The number of anilines is 1. The van der Waals surface area contributed by atoms with Gasteiger partial charge in [0.15, 0.2) is 11.5 Å². The number of aryl methyl sites for hydroxylation is 1. The highest BCUT2D eigenvalue weighted by Crippen LogP contribution is 2.58. The minimum atomic E-state index is -0.795. The first kappa shape index (κ1) is 54.8. The van der Waals surface area contributed by atoms with Crippen molar-refractivity contribution in [1.82, 2.24) is 5.32 Å². The van der Waals surface area contributed by atoms with Gasteiger partial charge in [0.05, 0.1) is 37.2 Å². The number of carbonyl (C=O) groups is 2. The first-order valence-electron chi connectivity index (χ1n) is 26.0. The summed E-state index contributed by atoms with van der Waals surface area (Å²) in [6.07, 6.45) is 3.19. The van der Waals surface area contributed by atoms with Crippen LogP contribution < -0.4 is 15.4 Å². The highest BCUT2D eigenvalue weighted by Gasteiger charge is 2.52. The van der Waals surface area contributed by atoms with Crippen LogP contribution in [-0.4, -0.2) is 103 Å². The fourth-order valence-electron chi connectivity index (χ4n) is 12.0. The SMILES string of the molecule is COc1c(O)ccc2c1-c1ccc3ccc(O)cc3c1CSS[C@]13CC[C@H](C[C@@H]1O)[C@H](CC(=O)CC2)O[C@H]1N[C@H](CCCO)[C@H](CSS[C@H]3Cc2ccccc2)C[C@H](CCO)c2cc(NCC(C)=O)c(CO)cc21. The maximum absolute atomic E-state index is 14.9. The summed E-state index contributed by atoms with van der Waals surface area (Å²) < 4.78 is 12.8. The molecule has 0 aromatic heterocycles. The van der Waals surface area contributed by atoms with E-state index in [2.05, 4.69) is 34.9 Å². The summed E-state index contributed by atoms with van der Waals surface area (Å²) in [7, 11) is 8.64. The summed E-state index contributed by atoms with van der Waals surface area (Å²) >= 11 is 0. The number of aliphatic hydroxyl groups is 4. The van der Waals surface area contributed by atoms with Crippen LogP contribution in [0.1, 0.15) is 110 Å². The fourth-order valence-corrected chi connectivity index (χ4v) is 19.5. The smallest absolute Gasteiger partial charge is 0.168 e. The third-order valence-electron chi connectivity index (χ3n) is 15.8. The Morgan fingerprint density at radius 3 is 2.50 bits per heavy atom. The van der Waals surface area contributed by atoms with Crippen LogP contribution in [0.15, 0.2) is 84.9 Å². The predicted molar refractivity (Wildman–Crippen MR) is 301 cm³/mol. The molecule has 0 radical (unpaired) electrons. The van der Waals surface area contributed by atoms with Crippen molar-refractivity contribution >= 4 is 71.2 Å². The van der Waals surface area contributed by atoms with Crippen LogP contribution in [0.25, 0.3) is 21.9 Å². The molecule has 4 aliphatic heterocycles. The van der Waals surface area contributed by atoms with Gasteiger partial charge in [-0.1, -0.05) is 97.8 Å². The van der Waals surface area contributed by atoms with Crippen molar-refractivity contribution in [2.24, 2.45) is 11.8 Å². The van der Waals surface area contributed by atoms with Gasteiger partial charge in [0.2, 0.25) is 0 Å². The Hall–Kier alpha value is -3.94. The minimum Gasteiger partial charge on any atom is -0.508 e. The molecule has 9 atom stereocenters. The third kappa shape index (κ3) is 12.1. The number of rotatable bonds is 12. The highest BCUT2D eigenvalue weighted by atomic mass is 33.1. The van der Waals surface area contributed by atoms with E-state index < -0.39 is 23.2 Å². The number of ketones is 2. The number of benzene rings is 5. The number of fused-ring (bicyclic) bond motifs is 10. The molecule has 3 fully saturated rings. The van der Waals surface area contributed by atoms with E-state index in [4.69, 9.17) is 9.47 Å². The molecule has 8 N–H and O–H groups in total. The molecular formula is C58H70N2O10S4. The predicted octanol–water partition coefficient (Wildman–Crippen LogP) is 10.4. The molecular weight excluding hydrogens is 1010 g/mol. The second kappa shape index (κ2) is 25.0. The minimum absolute atomic E-state index is 0.0124. The van der Waals surface area contributed by atoms with Gasteiger partial charge in [-0.2, -0.15) is 0 Å². The summed E-state index contributed by atoms with van der Waals surface area (Å²) in [6.45, 7) is 1.25. The molecule has 5 aromatic carbocycles. The Bertz CT molecular complexity index is 2770. The second-order valence-electron chi connectivity index (χ2n) is 20.6. The van der Waals surface area contributed by atoms with Crippen LogP contribution in [-0.2, 0) is 39.5 Å². The Labute approximate surface area is 450 Å². The van der Waals surface area contributed by atoms with Crippen LogP contribution in [0.2, 0.25) is 0 Å². The van der Waals surface area contributed by atoms with Crippen molar-refractivity contribution in [3.8, 4) is 28.4 Å². The zero-order valence-electron chi connectivity index (χ0n) is 42.2. The topological polar surface area (TPSA) is 198 Å². The molecule has 5 aromatic rings. The maximum atomic E-state index is 14.9. The van der Waals surface area contributed by atoms with E-state index >= 15 is 0 Å². The molecule has 1 aliphatic carbocycles. The Balaban J connectivity index is 1.23. The lowest BCUT2D eigenvalue weighted by Crippen LogP contribution is -2.54. The van der Waals surface area contributed by atoms with Gasteiger partial charge in [-0.25, -0.2) is 0 Å². The average Bonchev–Trinajstić information content (AvgIpc) is 3.39. The number of aromatic hydroxyl groups is 2. The normalized spacial score (nSPS) is 26.6. The van der Waals surface area contributed by atoms with E-state index in [0.717, 1.165) is 44.3 Å². The number of methoxy groups -OCH3 is 1. The number of carbonyl (C=O) groups excluding carboxylic acids is 2. The van der Waals surface area contributed by atoms with Crippen molar-refractivity contribution in [2.45, 2.75) is 130 Å². The summed E-state index contributed by atoms with van der Waals surface area (Å²) in [4.78, 5) is 27.2. The van der Waals surface area contributed by atoms with Gasteiger partial charge in [0, 0.05) is 65.7 Å². The molecule has 5 bridgehead atoms. The first-order chi connectivity index (χ1) is 35.9. The van der Waals surface area contributed by atoms with Crippen LogP contribution in [0.4, 0.5) is 5.69 Å². The number of phenols is 2. The molecule has 1 saturated carbocycles. The summed E-state index contributed by atoms with van der Waals surface area (Å²) in [5, 5.41) is 76.4. The molecule has 0 spiro atoms. The number of hydrogen-bond acceptors (Lipinski definition) is 16. The molecule has 16 heteroatoms. The molecule has 74 heavy (non-hydrogen) atoms. The van der Waals surface area contributed by atoms with Crippen molar-refractivity contribution in [1.29, 1.82) is 0 Å². The monoisotopic (exact) mass is 1080 g/mol. The molecule has 5 aliphatic rings. The fraction of sp³-hybridized carbons (Fsp3) is 0.483. The van der Waals surface area contributed by atoms with Crippen molar-refractivity contribution in [3.05, 3.63) is 118 Å². The van der Waals surface area contributed by atoms with E-state index in [-0.39, 0.29) is 91.3 Å². The number of nitrogens with one attached hydrogen (secondary N) is 2. The van der Waals surface area contributed by atoms with E-state index in [9.17, 15) is 40.2 Å². The lowest BCUT2D eigenvalue weighted by Gasteiger charge is -2.50. The van der Waals surface area contributed by atoms with Crippen molar-refractivity contribution in [2.75, 3.05) is 37.9 Å². The molecule has 10 rings (SSSR count). The summed E-state index contributed by atoms with van der Waals surface area (Å²) in [5.74, 6) is 1.24. The molecule has 12 nitrogen and oxygen atoms in total. The Morgan fingerprint density at radius 1 is 0.919 bits per heavy atom. The van der Waals surface area contributed by atoms with Crippen molar-refractivity contribution < 1.29 is 49.7 Å². The van der Waals surface area contributed by atoms with E-state index in [1.165, 1.54) is 19.6 Å². The molecule has 2 saturated heterocycles. The van der Waals surface area contributed by atoms with Gasteiger partial charge in [0.1, 0.15) is 23.5 Å². The van der Waals surface area contributed by atoms with Gasteiger partial charge < -0.3 is 45.4 Å². The van der Waals surface area contributed by atoms with Gasteiger partial charge in [0.25, 0.3) is 0 Å². The van der Waals surface area contributed by atoms with Crippen LogP contribution in [0.5, 0.6) is 17.2 Å². The molecule has 0 amide bonds. The standard InChI is InChI=1S/C58H70N2O10S4/c1-34(64)30-59-50-29-46-38(19-22-62)24-41-32-71-73-54(23-35-7-4-3-5-8-35)58-20-18-39(26-53(58)68)52(70-57(47(46)25-40(50)31-63)60-49(41)9-6-21-61)28-43(66)15-11-37-13-17-51(67)56(69-2)55(37)44-16-12-36-10-14-42(65)27-45(36)48(44)33-72-74-58/h3-5,7-8,10,12-14,16-17,25,27,29,38-39,41,49,52-54,57,59-63,65,67-68H,6,9,11,15,18-24,26,28,30-33H2,1-2H3/t38-,39+,41-,49+,52-,53-,54-,57+,58+/m0/s1. The van der Waals surface area contributed by atoms with E-state index in [0.29, 0.717) is 86.1 Å². The van der Waals surface area contributed by atoms with Gasteiger partial charge >= 0.3 is 0 Å². The number of Topliss-reactive ketones (excluding diaryl/α,β-unsaturated/α-hetero) is 2. The van der Waals surface area contributed by atoms with E-state index in [1.807, 2.05) is 64.1 Å². The van der Waals surface area contributed by atoms with Gasteiger partial charge in [-0.15, -0.1) is 0 Å².